The maximum absolute atomic E-state index is 13.1. The maximum Gasteiger partial charge on any atom is 0.141 e. The normalized spacial score (nSPS) is 26.0. The highest BCUT2D eigenvalue weighted by Crippen LogP contribution is 2.33. The number of carbonyl (C=O) groups excluding carboxylic acids is 2. The summed E-state index contributed by atoms with van der Waals surface area (Å²) in [5.41, 5.74) is 0.677. The number of ketones is 2. The molecule has 0 heterocycles. The zero-order valence-electron chi connectivity index (χ0n) is 28.3. The highest BCUT2D eigenvalue weighted by Gasteiger charge is 2.30. The van der Waals surface area contributed by atoms with Crippen LogP contribution in [0.15, 0.2) is 36.0 Å². The van der Waals surface area contributed by atoms with Crippen LogP contribution in [-0.4, -0.2) is 45.2 Å². The van der Waals surface area contributed by atoms with E-state index in [0.717, 1.165) is 31.6 Å². The third-order valence-electron chi connectivity index (χ3n) is 10.2. The van der Waals surface area contributed by atoms with Crippen LogP contribution < -0.4 is 0 Å². The van der Waals surface area contributed by atoms with Gasteiger partial charge in [0.05, 0.1) is 18.3 Å². The van der Waals surface area contributed by atoms with Crippen molar-refractivity contribution in [3.8, 4) is 0 Å². The van der Waals surface area contributed by atoms with Gasteiger partial charge in [-0.25, -0.2) is 0 Å². The lowest BCUT2D eigenvalue weighted by Crippen LogP contribution is -2.34. The van der Waals surface area contributed by atoms with Gasteiger partial charge in [-0.1, -0.05) is 92.2 Å². The van der Waals surface area contributed by atoms with Gasteiger partial charge in [0.15, 0.2) is 0 Å². The Kier molecular flexibility index (Phi) is 18.0. The van der Waals surface area contributed by atoms with Gasteiger partial charge in [-0.2, -0.15) is 0 Å². The number of allylic oxidation sites excluding steroid dienone is 5. The van der Waals surface area contributed by atoms with Crippen LogP contribution in [0.3, 0.4) is 0 Å². The number of carbonyl (C=O) groups is 2. The molecule has 11 atom stereocenters. The molecule has 1 saturated carbocycles. The molecule has 42 heavy (non-hydrogen) atoms. The largest absolute Gasteiger partial charge is 0.390 e. The Balaban J connectivity index is 2.50. The van der Waals surface area contributed by atoms with Crippen molar-refractivity contribution in [3.63, 3.8) is 0 Å². The average Bonchev–Trinajstić information content (AvgIpc) is 2.95. The van der Waals surface area contributed by atoms with Gasteiger partial charge in [-0.3, -0.25) is 9.59 Å². The highest BCUT2D eigenvalue weighted by molar-refractivity contribution is 5.84. The van der Waals surface area contributed by atoms with Gasteiger partial charge in [0.1, 0.15) is 11.6 Å². The summed E-state index contributed by atoms with van der Waals surface area (Å²) in [6, 6.07) is 0. The summed E-state index contributed by atoms with van der Waals surface area (Å²) < 4.78 is 0. The van der Waals surface area contributed by atoms with Crippen molar-refractivity contribution < 1.29 is 24.9 Å². The lowest BCUT2D eigenvalue weighted by atomic mass is 9.77. The molecular formula is C37H64O5. The molecule has 0 spiro atoms. The van der Waals surface area contributed by atoms with Crippen LogP contribution in [0.25, 0.3) is 0 Å². The summed E-state index contributed by atoms with van der Waals surface area (Å²) in [6.07, 6.45) is 15.1. The fourth-order valence-electron chi connectivity index (χ4n) is 6.24. The van der Waals surface area contributed by atoms with E-state index in [9.17, 15) is 24.9 Å². The number of Topliss-reactive ketones (excluding diaryl/α,β-unsaturated/α-hetero) is 2. The predicted molar refractivity (Wildman–Crippen MR) is 175 cm³/mol. The molecule has 2 unspecified atom stereocenters. The van der Waals surface area contributed by atoms with Crippen molar-refractivity contribution >= 4 is 11.6 Å². The summed E-state index contributed by atoms with van der Waals surface area (Å²) in [4.78, 5) is 25.8. The van der Waals surface area contributed by atoms with E-state index in [1.807, 2.05) is 6.92 Å². The van der Waals surface area contributed by atoms with Crippen molar-refractivity contribution in [2.75, 3.05) is 0 Å². The van der Waals surface area contributed by atoms with Crippen LogP contribution >= 0.6 is 0 Å². The number of hydrogen-bond acceptors (Lipinski definition) is 5. The van der Waals surface area contributed by atoms with Crippen LogP contribution in [0.4, 0.5) is 0 Å². The van der Waals surface area contributed by atoms with E-state index in [-0.39, 0.29) is 35.7 Å². The van der Waals surface area contributed by atoms with E-state index < -0.39 is 24.2 Å². The van der Waals surface area contributed by atoms with Gasteiger partial charge in [-0.05, 0) is 86.5 Å². The molecule has 1 fully saturated rings. The zero-order chi connectivity index (χ0) is 32.0. The second-order valence-corrected chi connectivity index (χ2v) is 14.1. The standard InChI is InChI=1S/C37H64O5/c1-10-25(3)26(4)15-13-11-12-14-24(2)20-30(8)37(42)31(9)36(41)27(5)16-18-33(38)22-29(7)28(6)21-32-17-19-34(39)35(40)23-32/h11-14,16,24-26,28-32,34-36,39-41H,10,15,17-23H2,1-9H3/b13-11+,14-12+,27-16+/t24-,25+,26?,28-,29+,30-,31-,32+,34-,35?,36-/m1/s1. The van der Waals surface area contributed by atoms with Gasteiger partial charge in [0.25, 0.3) is 0 Å². The fraction of sp³-hybridized carbons (Fsp3) is 0.784. The minimum Gasteiger partial charge on any atom is -0.390 e. The summed E-state index contributed by atoms with van der Waals surface area (Å²) in [5.74, 6) is 2.14. The molecule has 0 aromatic rings. The molecule has 1 aliphatic rings. The molecule has 1 aliphatic carbocycles. The Morgan fingerprint density at radius 1 is 0.881 bits per heavy atom. The molecule has 0 aromatic carbocycles. The first-order valence-corrected chi connectivity index (χ1v) is 16.8. The third-order valence-corrected chi connectivity index (χ3v) is 10.2. The molecule has 0 radical (unpaired) electrons. The van der Waals surface area contributed by atoms with E-state index in [1.165, 1.54) is 6.42 Å². The number of hydrogen-bond donors (Lipinski definition) is 3. The Morgan fingerprint density at radius 3 is 2.17 bits per heavy atom. The van der Waals surface area contributed by atoms with E-state index >= 15 is 0 Å². The monoisotopic (exact) mass is 588 g/mol. The molecule has 3 N–H and O–H groups in total. The van der Waals surface area contributed by atoms with Gasteiger partial charge >= 0.3 is 0 Å². The Bertz CT molecular complexity index is 889. The van der Waals surface area contributed by atoms with Crippen molar-refractivity contribution in [2.45, 2.75) is 138 Å². The second kappa shape index (κ2) is 19.7. The quantitative estimate of drug-likeness (QED) is 0.105. The molecule has 242 valence electrons. The van der Waals surface area contributed by atoms with E-state index in [4.69, 9.17) is 0 Å². The topological polar surface area (TPSA) is 94.8 Å². The molecule has 5 nitrogen and oxygen atoms in total. The Morgan fingerprint density at radius 2 is 1.55 bits per heavy atom. The minimum atomic E-state index is -0.890. The molecule has 0 aromatic heterocycles. The average molecular weight is 589 g/mol. The molecule has 0 amide bonds. The number of rotatable bonds is 19. The van der Waals surface area contributed by atoms with Crippen LogP contribution in [0.5, 0.6) is 0 Å². The predicted octanol–water partition coefficient (Wildman–Crippen LogP) is 7.88. The zero-order valence-corrected chi connectivity index (χ0v) is 28.3. The lowest BCUT2D eigenvalue weighted by Gasteiger charge is -2.32. The molecule has 0 aliphatic heterocycles. The van der Waals surface area contributed by atoms with Crippen molar-refractivity contribution in [3.05, 3.63) is 36.0 Å². The second-order valence-electron chi connectivity index (χ2n) is 14.1. The first-order chi connectivity index (χ1) is 19.7. The summed E-state index contributed by atoms with van der Waals surface area (Å²) in [7, 11) is 0. The molecule has 5 heteroatoms. The number of aliphatic hydroxyl groups is 3. The summed E-state index contributed by atoms with van der Waals surface area (Å²) in [6.45, 7) is 18.8. The van der Waals surface area contributed by atoms with Crippen molar-refractivity contribution in [1.29, 1.82) is 0 Å². The van der Waals surface area contributed by atoms with Gasteiger partial charge in [-0.15, -0.1) is 0 Å². The summed E-state index contributed by atoms with van der Waals surface area (Å²) >= 11 is 0. The minimum absolute atomic E-state index is 0.0579. The molecule has 0 saturated heterocycles. The fourth-order valence-corrected chi connectivity index (χ4v) is 6.24. The van der Waals surface area contributed by atoms with Crippen LogP contribution in [-0.2, 0) is 9.59 Å². The molecule has 1 rings (SSSR count). The van der Waals surface area contributed by atoms with Gasteiger partial charge < -0.3 is 15.3 Å². The number of aliphatic hydroxyl groups excluding tert-OH is 3. The summed E-state index contributed by atoms with van der Waals surface area (Å²) in [5, 5.41) is 30.6. The smallest absolute Gasteiger partial charge is 0.141 e. The van der Waals surface area contributed by atoms with E-state index in [2.05, 4.69) is 65.8 Å². The van der Waals surface area contributed by atoms with E-state index in [1.54, 1.807) is 19.9 Å². The first kappa shape index (κ1) is 38.5. The highest BCUT2D eigenvalue weighted by atomic mass is 16.3. The van der Waals surface area contributed by atoms with Gasteiger partial charge in [0, 0.05) is 24.7 Å². The lowest BCUT2D eigenvalue weighted by molar-refractivity contribution is -0.128. The molecule has 0 bridgehead atoms. The van der Waals surface area contributed by atoms with Crippen LogP contribution in [0.1, 0.15) is 120 Å². The maximum atomic E-state index is 13.1. The Labute approximate surface area is 258 Å². The van der Waals surface area contributed by atoms with Gasteiger partial charge in [0.2, 0.25) is 0 Å². The van der Waals surface area contributed by atoms with E-state index in [0.29, 0.717) is 42.6 Å². The first-order valence-electron chi connectivity index (χ1n) is 16.8. The van der Waals surface area contributed by atoms with Crippen LogP contribution in [0.2, 0.25) is 0 Å². The third kappa shape index (κ3) is 13.8. The van der Waals surface area contributed by atoms with Crippen molar-refractivity contribution in [2.24, 2.45) is 47.3 Å². The van der Waals surface area contributed by atoms with Crippen molar-refractivity contribution in [1.82, 2.24) is 0 Å². The molecular weight excluding hydrogens is 524 g/mol. The SMILES string of the molecule is CC[C@H](C)C(C)C/C=C/C=C/[C@@H](C)C[C@@H](C)C(=O)[C@H](C)[C@H](O)/C(C)=C/CC(=O)C[C@H](C)[C@H](C)C[C@@H]1CC[C@@H](O)C(O)C1. The van der Waals surface area contributed by atoms with Crippen LogP contribution in [0, 0.1) is 47.3 Å². The Hall–Kier alpha value is -1.56.